The van der Waals surface area contributed by atoms with Gasteiger partial charge in [0, 0.05) is 21.5 Å². The summed E-state index contributed by atoms with van der Waals surface area (Å²) in [6, 6.07) is 12.6. The third kappa shape index (κ3) is 1.69. The van der Waals surface area contributed by atoms with Crippen LogP contribution in [0.25, 0.3) is 27.7 Å². The van der Waals surface area contributed by atoms with E-state index in [4.69, 9.17) is 10.7 Å². The first kappa shape index (κ1) is 12.4. The molecule has 3 nitrogen and oxygen atoms in total. The van der Waals surface area contributed by atoms with Crippen molar-refractivity contribution in [2.45, 2.75) is 13.8 Å². The van der Waals surface area contributed by atoms with Crippen molar-refractivity contribution in [1.82, 2.24) is 9.38 Å². The van der Waals surface area contributed by atoms with Crippen molar-refractivity contribution in [3.8, 4) is 11.3 Å². The van der Waals surface area contributed by atoms with Crippen molar-refractivity contribution in [3.05, 3.63) is 52.3 Å². The number of anilines is 1. The summed E-state index contributed by atoms with van der Waals surface area (Å²) in [5.74, 6) is 0.717. The SMILES string of the molecule is Cc1sccc1-c1nc2c3ccccc3cc(C)n2c1N. The number of pyridine rings is 1. The normalized spacial score (nSPS) is 11.5. The van der Waals surface area contributed by atoms with E-state index in [9.17, 15) is 0 Å². The van der Waals surface area contributed by atoms with E-state index in [0.717, 1.165) is 33.8 Å². The van der Waals surface area contributed by atoms with Crippen molar-refractivity contribution in [2.24, 2.45) is 0 Å². The molecule has 0 saturated heterocycles. The number of fused-ring (bicyclic) bond motifs is 3. The molecule has 0 atom stereocenters. The zero-order chi connectivity index (χ0) is 14.6. The summed E-state index contributed by atoms with van der Waals surface area (Å²) in [4.78, 5) is 6.09. The van der Waals surface area contributed by atoms with Crippen LogP contribution in [0.15, 0.2) is 41.8 Å². The van der Waals surface area contributed by atoms with Crippen molar-refractivity contribution < 1.29 is 0 Å². The average molecular weight is 293 g/mol. The van der Waals surface area contributed by atoms with Gasteiger partial charge in [-0.3, -0.25) is 4.40 Å². The zero-order valence-corrected chi connectivity index (χ0v) is 12.7. The van der Waals surface area contributed by atoms with Gasteiger partial charge in [-0.15, -0.1) is 11.3 Å². The summed E-state index contributed by atoms with van der Waals surface area (Å²) < 4.78 is 2.05. The van der Waals surface area contributed by atoms with Gasteiger partial charge in [-0.25, -0.2) is 4.98 Å². The van der Waals surface area contributed by atoms with Gasteiger partial charge in [0.05, 0.1) is 0 Å². The molecule has 2 N–H and O–H groups in total. The van der Waals surface area contributed by atoms with Crippen LogP contribution in [-0.2, 0) is 0 Å². The van der Waals surface area contributed by atoms with Gasteiger partial charge in [0.25, 0.3) is 0 Å². The molecule has 0 aliphatic heterocycles. The molecular formula is C17H15N3S. The van der Waals surface area contributed by atoms with Crippen LogP contribution in [0.2, 0.25) is 0 Å². The van der Waals surface area contributed by atoms with E-state index in [1.54, 1.807) is 11.3 Å². The lowest BCUT2D eigenvalue weighted by molar-refractivity contribution is 1.12. The van der Waals surface area contributed by atoms with E-state index in [1.165, 1.54) is 10.3 Å². The van der Waals surface area contributed by atoms with Gasteiger partial charge < -0.3 is 5.73 Å². The Kier molecular flexibility index (Phi) is 2.56. The zero-order valence-electron chi connectivity index (χ0n) is 11.9. The molecule has 0 aliphatic carbocycles. The molecule has 3 aromatic heterocycles. The van der Waals surface area contributed by atoms with Crippen molar-refractivity contribution in [1.29, 1.82) is 0 Å². The predicted molar refractivity (Wildman–Crippen MR) is 89.9 cm³/mol. The lowest BCUT2D eigenvalue weighted by Crippen LogP contribution is -1.98. The summed E-state index contributed by atoms with van der Waals surface area (Å²) in [6.45, 7) is 4.18. The van der Waals surface area contributed by atoms with Crippen LogP contribution in [0.5, 0.6) is 0 Å². The molecule has 4 rings (SSSR count). The molecule has 0 bridgehead atoms. The maximum absolute atomic E-state index is 6.40. The van der Waals surface area contributed by atoms with Gasteiger partial charge >= 0.3 is 0 Å². The number of aromatic nitrogens is 2. The first-order valence-corrected chi connectivity index (χ1v) is 7.75. The molecular weight excluding hydrogens is 278 g/mol. The second-order valence-corrected chi connectivity index (χ2v) is 6.39. The molecule has 0 unspecified atom stereocenters. The van der Waals surface area contributed by atoms with Gasteiger partial charge in [0.1, 0.15) is 17.2 Å². The lowest BCUT2D eigenvalue weighted by Gasteiger charge is -2.06. The monoisotopic (exact) mass is 293 g/mol. The minimum atomic E-state index is 0.717. The van der Waals surface area contributed by atoms with E-state index in [1.807, 2.05) is 6.07 Å². The summed E-state index contributed by atoms with van der Waals surface area (Å²) in [6.07, 6.45) is 0. The smallest absolute Gasteiger partial charge is 0.147 e. The summed E-state index contributed by atoms with van der Waals surface area (Å²) in [5.41, 5.74) is 10.4. The Morgan fingerprint density at radius 1 is 1.14 bits per heavy atom. The number of hydrogen-bond acceptors (Lipinski definition) is 3. The van der Waals surface area contributed by atoms with Gasteiger partial charge in [0.15, 0.2) is 0 Å². The van der Waals surface area contributed by atoms with Crippen molar-refractivity contribution in [3.63, 3.8) is 0 Å². The number of hydrogen-bond donors (Lipinski definition) is 1. The third-order valence-corrected chi connectivity index (χ3v) is 4.79. The molecule has 3 heterocycles. The summed E-state index contributed by atoms with van der Waals surface area (Å²) in [5, 5.41) is 4.41. The Hall–Kier alpha value is -2.33. The van der Waals surface area contributed by atoms with Crippen LogP contribution in [0.3, 0.4) is 0 Å². The summed E-state index contributed by atoms with van der Waals surface area (Å²) in [7, 11) is 0. The number of rotatable bonds is 1. The third-order valence-electron chi connectivity index (χ3n) is 3.95. The van der Waals surface area contributed by atoms with Crippen LogP contribution in [0.4, 0.5) is 5.82 Å². The van der Waals surface area contributed by atoms with Crippen molar-refractivity contribution in [2.75, 3.05) is 5.73 Å². The fraction of sp³-hybridized carbons (Fsp3) is 0.118. The Labute approximate surface area is 126 Å². The Morgan fingerprint density at radius 2 is 1.95 bits per heavy atom. The maximum atomic E-state index is 6.40. The second kappa shape index (κ2) is 4.33. The number of imidazole rings is 1. The Morgan fingerprint density at radius 3 is 2.71 bits per heavy atom. The van der Waals surface area contributed by atoms with Gasteiger partial charge in [-0.2, -0.15) is 0 Å². The average Bonchev–Trinajstić information content (AvgIpc) is 3.03. The number of aryl methyl sites for hydroxylation is 2. The highest BCUT2D eigenvalue weighted by atomic mass is 32.1. The lowest BCUT2D eigenvalue weighted by atomic mass is 10.1. The molecule has 0 aliphatic rings. The van der Waals surface area contributed by atoms with Crippen LogP contribution in [0.1, 0.15) is 10.6 Å². The highest BCUT2D eigenvalue weighted by Gasteiger charge is 2.16. The molecule has 0 saturated carbocycles. The molecule has 0 spiro atoms. The van der Waals surface area contributed by atoms with E-state index in [2.05, 4.69) is 54.0 Å². The Balaban J connectivity index is 2.17. The molecule has 0 fully saturated rings. The largest absolute Gasteiger partial charge is 0.383 e. The van der Waals surface area contributed by atoms with E-state index in [0.29, 0.717) is 0 Å². The highest BCUT2D eigenvalue weighted by molar-refractivity contribution is 7.10. The molecule has 0 amide bonds. The van der Waals surface area contributed by atoms with Crippen LogP contribution < -0.4 is 5.73 Å². The predicted octanol–water partition coefficient (Wildman–Crippen LogP) is 4.42. The first-order chi connectivity index (χ1) is 10.2. The minimum absolute atomic E-state index is 0.717. The standard InChI is InChI=1S/C17H15N3S/c1-10-9-12-5-3-4-6-14(12)17-19-15(16(18)20(10)17)13-7-8-21-11(13)2/h3-9H,18H2,1-2H3. The van der Waals surface area contributed by atoms with Crippen LogP contribution in [0, 0.1) is 13.8 Å². The number of benzene rings is 1. The molecule has 0 radical (unpaired) electrons. The minimum Gasteiger partial charge on any atom is -0.383 e. The summed E-state index contributed by atoms with van der Waals surface area (Å²) >= 11 is 1.72. The van der Waals surface area contributed by atoms with Crippen LogP contribution >= 0.6 is 11.3 Å². The maximum Gasteiger partial charge on any atom is 0.147 e. The number of nitrogens with two attached hydrogens (primary N) is 1. The van der Waals surface area contributed by atoms with Gasteiger partial charge in [-0.05, 0) is 36.7 Å². The fourth-order valence-corrected chi connectivity index (χ4v) is 3.62. The van der Waals surface area contributed by atoms with Crippen molar-refractivity contribution >= 4 is 33.6 Å². The fourth-order valence-electron chi connectivity index (χ4n) is 2.92. The molecule has 104 valence electrons. The number of thiophene rings is 1. The molecule has 21 heavy (non-hydrogen) atoms. The first-order valence-electron chi connectivity index (χ1n) is 6.87. The number of nitrogen functional groups attached to an aromatic ring is 1. The molecule has 4 heteroatoms. The van der Waals surface area contributed by atoms with E-state index >= 15 is 0 Å². The number of nitrogens with zero attached hydrogens (tertiary/aromatic N) is 2. The second-order valence-electron chi connectivity index (χ2n) is 5.27. The highest BCUT2D eigenvalue weighted by Crippen LogP contribution is 2.34. The van der Waals surface area contributed by atoms with E-state index in [-0.39, 0.29) is 0 Å². The van der Waals surface area contributed by atoms with Crippen LogP contribution in [-0.4, -0.2) is 9.38 Å². The van der Waals surface area contributed by atoms with Gasteiger partial charge in [0.2, 0.25) is 0 Å². The Bertz CT molecular complexity index is 978. The molecule has 4 aromatic rings. The quantitative estimate of drug-likeness (QED) is 0.564. The molecule has 1 aromatic carbocycles. The van der Waals surface area contributed by atoms with Gasteiger partial charge in [-0.1, -0.05) is 24.3 Å². The topological polar surface area (TPSA) is 43.3 Å². The van der Waals surface area contributed by atoms with E-state index < -0.39 is 0 Å².